The number of carbonyl (C=O) groups is 1. The minimum Gasteiger partial charge on any atom is -0.348 e. The van der Waals surface area contributed by atoms with E-state index < -0.39 is 0 Å². The van der Waals surface area contributed by atoms with E-state index in [1.54, 1.807) is 24.3 Å². The number of rotatable bonds is 5. The average molecular weight is 443 g/mol. The van der Waals surface area contributed by atoms with Crippen LogP contribution >= 0.6 is 24.0 Å². The number of hydrogen-bond donors (Lipinski definition) is 2. The van der Waals surface area contributed by atoms with E-state index in [1.807, 2.05) is 0 Å². The molecule has 0 saturated heterocycles. The molecule has 0 aliphatic heterocycles. The molecule has 1 amide bonds. The molecule has 0 bridgehead atoms. The molecule has 1 saturated carbocycles. The van der Waals surface area contributed by atoms with Gasteiger partial charge in [0, 0.05) is 28.7 Å². The fourth-order valence-electron chi connectivity index (χ4n) is 4.40. The van der Waals surface area contributed by atoms with E-state index in [0.717, 1.165) is 19.3 Å². The highest BCUT2D eigenvalue weighted by molar-refractivity contribution is 6.30. The summed E-state index contributed by atoms with van der Waals surface area (Å²) in [6, 6.07) is 22.7. The molecule has 4 rings (SSSR count). The van der Waals surface area contributed by atoms with E-state index >= 15 is 0 Å². The molecule has 2 N–H and O–H groups in total. The highest BCUT2D eigenvalue weighted by atomic mass is 35.5. The summed E-state index contributed by atoms with van der Waals surface area (Å²) in [5.41, 5.74) is 1.96. The standard InChI is InChI=1S/C25H27ClN2O.ClH/c1-17(21-10-6-8-18-7-2-3-9-22(18)21)27-23-11-4-5-12-24(23)28-25(29)19-13-15-20(26)16-14-19;/h2-3,6-10,13-17,23-24,27H,4-5,11-12H2,1H3,(H,28,29);1H/t17?,23-,24-;/m1./s1. The van der Waals surface area contributed by atoms with E-state index in [0.29, 0.717) is 10.6 Å². The van der Waals surface area contributed by atoms with Crippen LogP contribution in [0.15, 0.2) is 66.7 Å². The van der Waals surface area contributed by atoms with Crippen molar-refractivity contribution in [3.63, 3.8) is 0 Å². The molecule has 3 aromatic carbocycles. The summed E-state index contributed by atoms with van der Waals surface area (Å²) in [6.45, 7) is 2.22. The largest absolute Gasteiger partial charge is 0.348 e. The van der Waals surface area contributed by atoms with Crippen molar-refractivity contribution in [2.75, 3.05) is 0 Å². The molecule has 1 aliphatic rings. The quantitative estimate of drug-likeness (QED) is 0.486. The molecule has 0 spiro atoms. The Morgan fingerprint density at radius 2 is 1.60 bits per heavy atom. The summed E-state index contributed by atoms with van der Waals surface area (Å²) in [5, 5.41) is 10.2. The van der Waals surface area contributed by atoms with Gasteiger partial charge in [-0.25, -0.2) is 0 Å². The molecule has 158 valence electrons. The lowest BCUT2D eigenvalue weighted by atomic mass is 9.88. The molecule has 1 aliphatic carbocycles. The van der Waals surface area contributed by atoms with E-state index in [4.69, 9.17) is 11.6 Å². The maximum Gasteiger partial charge on any atom is 0.251 e. The highest BCUT2D eigenvalue weighted by Crippen LogP contribution is 2.27. The zero-order chi connectivity index (χ0) is 20.2. The van der Waals surface area contributed by atoms with Gasteiger partial charge in [-0.3, -0.25) is 4.79 Å². The molecule has 3 aromatic rings. The molecule has 0 radical (unpaired) electrons. The molecule has 5 heteroatoms. The smallest absolute Gasteiger partial charge is 0.251 e. The fourth-order valence-corrected chi connectivity index (χ4v) is 4.52. The average Bonchev–Trinajstić information content (AvgIpc) is 2.75. The molecule has 3 nitrogen and oxygen atoms in total. The number of halogens is 2. The Kier molecular flexibility index (Phi) is 7.76. The van der Waals surface area contributed by atoms with Crippen molar-refractivity contribution in [1.29, 1.82) is 0 Å². The van der Waals surface area contributed by atoms with E-state index in [9.17, 15) is 4.79 Å². The third-order valence-corrected chi connectivity index (χ3v) is 6.19. The number of amides is 1. The van der Waals surface area contributed by atoms with Crippen LogP contribution in [0.4, 0.5) is 0 Å². The summed E-state index contributed by atoms with van der Waals surface area (Å²) >= 11 is 5.95. The van der Waals surface area contributed by atoms with E-state index in [-0.39, 0.29) is 36.4 Å². The number of benzene rings is 3. The van der Waals surface area contributed by atoms with Crippen LogP contribution in [0, 0.1) is 0 Å². The highest BCUT2D eigenvalue weighted by Gasteiger charge is 2.28. The summed E-state index contributed by atoms with van der Waals surface area (Å²) in [7, 11) is 0. The van der Waals surface area contributed by atoms with Gasteiger partial charge in [0.1, 0.15) is 0 Å². The van der Waals surface area contributed by atoms with Crippen LogP contribution in [-0.4, -0.2) is 18.0 Å². The minimum absolute atomic E-state index is 0. The summed E-state index contributed by atoms with van der Waals surface area (Å²) < 4.78 is 0. The Hall–Kier alpha value is -2.07. The van der Waals surface area contributed by atoms with Crippen LogP contribution < -0.4 is 10.6 Å². The third-order valence-electron chi connectivity index (χ3n) is 5.94. The molecule has 3 atom stereocenters. The van der Waals surface area contributed by atoms with Gasteiger partial charge < -0.3 is 10.6 Å². The lowest BCUT2D eigenvalue weighted by Gasteiger charge is -2.35. The van der Waals surface area contributed by atoms with Crippen molar-refractivity contribution in [3.05, 3.63) is 82.9 Å². The predicted octanol–water partition coefficient (Wildman–Crippen LogP) is 6.31. The van der Waals surface area contributed by atoms with Crippen LogP contribution in [0.25, 0.3) is 10.8 Å². The molecule has 30 heavy (non-hydrogen) atoms. The van der Waals surface area contributed by atoms with Crippen LogP contribution in [0.2, 0.25) is 5.02 Å². The van der Waals surface area contributed by atoms with Gasteiger partial charge >= 0.3 is 0 Å². The Labute approximate surface area is 189 Å². The summed E-state index contributed by atoms with van der Waals surface area (Å²) in [5.74, 6) is -0.0295. The number of hydrogen-bond acceptors (Lipinski definition) is 2. The second-order valence-corrected chi connectivity index (χ2v) is 8.37. The fraction of sp³-hybridized carbons (Fsp3) is 0.320. The lowest BCUT2D eigenvalue weighted by Crippen LogP contribution is -2.52. The van der Waals surface area contributed by atoms with Gasteiger partial charge in [-0.1, -0.05) is 66.9 Å². The second-order valence-electron chi connectivity index (χ2n) is 7.93. The Balaban J connectivity index is 0.00000256. The van der Waals surface area contributed by atoms with E-state index in [2.05, 4.69) is 60.0 Å². The third kappa shape index (κ3) is 5.15. The van der Waals surface area contributed by atoms with Crippen LogP contribution in [0.1, 0.15) is 54.6 Å². The van der Waals surface area contributed by atoms with E-state index in [1.165, 1.54) is 22.8 Å². The normalized spacial score (nSPS) is 19.7. The Morgan fingerprint density at radius 1 is 0.933 bits per heavy atom. The number of carbonyl (C=O) groups excluding carboxylic acids is 1. The Bertz CT molecular complexity index is 985. The minimum atomic E-state index is -0.0295. The topological polar surface area (TPSA) is 41.1 Å². The first-order valence-corrected chi connectivity index (χ1v) is 10.8. The summed E-state index contributed by atoms with van der Waals surface area (Å²) in [4.78, 5) is 12.7. The van der Waals surface area contributed by atoms with Gasteiger partial charge in [-0.2, -0.15) is 0 Å². The molecule has 0 aromatic heterocycles. The molecular weight excluding hydrogens is 415 g/mol. The molecular formula is C25H28Cl2N2O. The van der Waals surface area contributed by atoms with Crippen molar-refractivity contribution >= 4 is 40.7 Å². The maximum absolute atomic E-state index is 12.7. The molecule has 0 heterocycles. The van der Waals surface area contributed by atoms with Crippen LogP contribution in [0.5, 0.6) is 0 Å². The van der Waals surface area contributed by atoms with Crippen molar-refractivity contribution in [3.8, 4) is 0 Å². The van der Waals surface area contributed by atoms with Gasteiger partial charge in [0.2, 0.25) is 0 Å². The zero-order valence-corrected chi connectivity index (χ0v) is 18.7. The first-order valence-electron chi connectivity index (χ1n) is 10.4. The van der Waals surface area contributed by atoms with Crippen molar-refractivity contribution in [2.45, 2.75) is 50.7 Å². The number of nitrogens with one attached hydrogen (secondary N) is 2. The summed E-state index contributed by atoms with van der Waals surface area (Å²) in [6.07, 6.45) is 4.40. The predicted molar refractivity (Wildman–Crippen MR) is 128 cm³/mol. The molecule has 1 unspecified atom stereocenters. The lowest BCUT2D eigenvalue weighted by molar-refractivity contribution is 0.0913. The monoisotopic (exact) mass is 442 g/mol. The molecule has 1 fully saturated rings. The van der Waals surface area contributed by atoms with Crippen LogP contribution in [0.3, 0.4) is 0 Å². The SMILES string of the molecule is CC(N[C@@H]1CCCC[C@H]1NC(=O)c1ccc(Cl)cc1)c1cccc2ccccc12.Cl. The zero-order valence-electron chi connectivity index (χ0n) is 17.1. The second kappa shape index (κ2) is 10.3. The van der Waals surface area contributed by atoms with Crippen LogP contribution in [-0.2, 0) is 0 Å². The maximum atomic E-state index is 12.7. The number of fused-ring (bicyclic) bond motifs is 1. The van der Waals surface area contributed by atoms with Gasteiger partial charge in [-0.15, -0.1) is 12.4 Å². The van der Waals surface area contributed by atoms with Crippen molar-refractivity contribution in [2.24, 2.45) is 0 Å². The van der Waals surface area contributed by atoms with Gasteiger partial charge in [0.25, 0.3) is 5.91 Å². The first-order chi connectivity index (χ1) is 14.1. The first kappa shape index (κ1) is 22.6. The van der Waals surface area contributed by atoms with Crippen molar-refractivity contribution < 1.29 is 4.79 Å². The van der Waals surface area contributed by atoms with Gasteiger partial charge in [0.15, 0.2) is 0 Å². The van der Waals surface area contributed by atoms with Gasteiger partial charge in [0.05, 0.1) is 0 Å². The van der Waals surface area contributed by atoms with Crippen molar-refractivity contribution in [1.82, 2.24) is 10.6 Å². The Morgan fingerprint density at radius 3 is 2.37 bits per heavy atom. The van der Waals surface area contributed by atoms with Gasteiger partial charge in [-0.05, 0) is 60.4 Å².